The van der Waals surface area contributed by atoms with Gasteiger partial charge in [0.05, 0.1) is 12.2 Å². The highest BCUT2D eigenvalue weighted by Crippen LogP contribution is 2.23. The molecule has 1 aliphatic heterocycles. The summed E-state index contributed by atoms with van der Waals surface area (Å²) in [5, 5.41) is 3.40. The van der Waals surface area contributed by atoms with Crippen molar-refractivity contribution in [3.63, 3.8) is 0 Å². The first-order valence-corrected chi connectivity index (χ1v) is 6.24. The van der Waals surface area contributed by atoms with Crippen LogP contribution in [0.3, 0.4) is 0 Å². The molecule has 4 heteroatoms. The molecular formula is C13H23NO3. The standard InChI is InChI=1S/C13H23NO3/c1-4-16-12(15)6-5-8-14-11-7-9-17-13(2,3)10-11/h5-6,11,14H,4,7-10H2,1-3H3/b6-5+. The van der Waals surface area contributed by atoms with E-state index in [0.29, 0.717) is 19.2 Å². The number of nitrogens with one attached hydrogen (secondary N) is 1. The Hall–Kier alpha value is -0.870. The van der Waals surface area contributed by atoms with Crippen molar-refractivity contribution in [2.24, 2.45) is 0 Å². The Kier molecular flexibility index (Phi) is 5.65. The van der Waals surface area contributed by atoms with E-state index in [1.165, 1.54) is 6.08 Å². The Balaban J connectivity index is 2.20. The Morgan fingerprint density at radius 3 is 3.00 bits per heavy atom. The van der Waals surface area contributed by atoms with E-state index < -0.39 is 0 Å². The van der Waals surface area contributed by atoms with Crippen molar-refractivity contribution in [3.8, 4) is 0 Å². The van der Waals surface area contributed by atoms with Gasteiger partial charge < -0.3 is 14.8 Å². The topological polar surface area (TPSA) is 47.6 Å². The minimum absolute atomic E-state index is 0.0409. The highest BCUT2D eigenvalue weighted by molar-refractivity contribution is 5.81. The van der Waals surface area contributed by atoms with Gasteiger partial charge in [-0.1, -0.05) is 6.08 Å². The van der Waals surface area contributed by atoms with Gasteiger partial charge >= 0.3 is 5.97 Å². The van der Waals surface area contributed by atoms with Crippen LogP contribution in [0.15, 0.2) is 12.2 Å². The zero-order chi connectivity index (χ0) is 12.7. The van der Waals surface area contributed by atoms with Crippen LogP contribution >= 0.6 is 0 Å². The fourth-order valence-corrected chi connectivity index (χ4v) is 1.99. The maximum absolute atomic E-state index is 11.0. The summed E-state index contributed by atoms with van der Waals surface area (Å²) in [6, 6.07) is 0.464. The van der Waals surface area contributed by atoms with E-state index in [4.69, 9.17) is 9.47 Å². The smallest absolute Gasteiger partial charge is 0.330 e. The van der Waals surface area contributed by atoms with Crippen LogP contribution in [-0.4, -0.2) is 37.4 Å². The summed E-state index contributed by atoms with van der Waals surface area (Å²) >= 11 is 0. The molecule has 1 atom stereocenters. The molecule has 0 amide bonds. The van der Waals surface area contributed by atoms with Crippen molar-refractivity contribution in [2.75, 3.05) is 19.8 Å². The number of rotatable bonds is 5. The SMILES string of the molecule is CCOC(=O)/C=C/CNC1CCOC(C)(C)C1. The van der Waals surface area contributed by atoms with E-state index in [0.717, 1.165) is 19.4 Å². The summed E-state index contributed by atoms with van der Waals surface area (Å²) in [5.41, 5.74) is -0.0409. The maximum Gasteiger partial charge on any atom is 0.330 e. The van der Waals surface area contributed by atoms with E-state index in [9.17, 15) is 4.79 Å². The lowest BCUT2D eigenvalue weighted by Crippen LogP contribution is -2.43. The van der Waals surface area contributed by atoms with Crippen molar-refractivity contribution >= 4 is 5.97 Å². The second-order valence-electron chi connectivity index (χ2n) is 4.86. The highest BCUT2D eigenvalue weighted by atomic mass is 16.5. The van der Waals surface area contributed by atoms with Gasteiger partial charge in [0.25, 0.3) is 0 Å². The molecule has 1 fully saturated rings. The third-order valence-electron chi connectivity index (χ3n) is 2.76. The molecule has 1 heterocycles. The number of hydrogen-bond donors (Lipinski definition) is 1. The largest absolute Gasteiger partial charge is 0.463 e. The molecule has 0 radical (unpaired) electrons. The lowest BCUT2D eigenvalue weighted by atomic mass is 9.94. The van der Waals surface area contributed by atoms with Gasteiger partial charge in [0.2, 0.25) is 0 Å². The molecule has 1 saturated heterocycles. The van der Waals surface area contributed by atoms with Crippen LogP contribution in [0.4, 0.5) is 0 Å². The summed E-state index contributed by atoms with van der Waals surface area (Å²) in [4.78, 5) is 11.0. The molecule has 4 nitrogen and oxygen atoms in total. The van der Waals surface area contributed by atoms with Crippen LogP contribution in [0.5, 0.6) is 0 Å². The molecule has 1 rings (SSSR count). The molecule has 0 aromatic heterocycles. The monoisotopic (exact) mass is 241 g/mol. The van der Waals surface area contributed by atoms with Crippen LogP contribution in [0.25, 0.3) is 0 Å². The fraction of sp³-hybridized carbons (Fsp3) is 0.769. The fourth-order valence-electron chi connectivity index (χ4n) is 1.99. The lowest BCUT2D eigenvalue weighted by molar-refractivity contribution is -0.137. The van der Waals surface area contributed by atoms with E-state index in [1.807, 2.05) is 0 Å². The van der Waals surface area contributed by atoms with Crippen molar-refractivity contribution in [3.05, 3.63) is 12.2 Å². The molecule has 1 unspecified atom stereocenters. The molecule has 98 valence electrons. The average Bonchev–Trinajstić information content (AvgIpc) is 2.23. The van der Waals surface area contributed by atoms with Gasteiger partial charge in [0.15, 0.2) is 0 Å². The first kappa shape index (κ1) is 14.2. The highest BCUT2D eigenvalue weighted by Gasteiger charge is 2.27. The Morgan fingerprint density at radius 1 is 1.59 bits per heavy atom. The van der Waals surface area contributed by atoms with E-state index in [2.05, 4.69) is 19.2 Å². The molecule has 0 aliphatic carbocycles. The van der Waals surface area contributed by atoms with Crippen LogP contribution < -0.4 is 5.32 Å². The average molecular weight is 241 g/mol. The maximum atomic E-state index is 11.0. The van der Waals surface area contributed by atoms with E-state index >= 15 is 0 Å². The first-order chi connectivity index (χ1) is 8.03. The molecule has 0 aromatic rings. The van der Waals surface area contributed by atoms with Gasteiger partial charge in [0, 0.05) is 25.3 Å². The lowest BCUT2D eigenvalue weighted by Gasteiger charge is -2.35. The summed E-state index contributed by atoms with van der Waals surface area (Å²) < 4.78 is 10.4. The van der Waals surface area contributed by atoms with Gasteiger partial charge in [-0.25, -0.2) is 4.79 Å². The van der Waals surface area contributed by atoms with E-state index in [1.54, 1.807) is 13.0 Å². The second-order valence-corrected chi connectivity index (χ2v) is 4.86. The van der Waals surface area contributed by atoms with Gasteiger partial charge in [-0.3, -0.25) is 0 Å². The number of hydrogen-bond acceptors (Lipinski definition) is 4. The summed E-state index contributed by atoms with van der Waals surface area (Å²) in [6.45, 7) is 7.93. The molecule has 0 bridgehead atoms. The molecule has 1 N–H and O–H groups in total. The minimum atomic E-state index is -0.276. The third kappa shape index (κ3) is 5.84. The van der Waals surface area contributed by atoms with Gasteiger partial charge in [-0.2, -0.15) is 0 Å². The number of carbonyl (C=O) groups excluding carboxylic acids is 1. The minimum Gasteiger partial charge on any atom is -0.463 e. The number of carbonyl (C=O) groups is 1. The van der Waals surface area contributed by atoms with Gasteiger partial charge in [0.1, 0.15) is 0 Å². The Bertz CT molecular complexity index is 274. The van der Waals surface area contributed by atoms with Crippen LogP contribution in [0.2, 0.25) is 0 Å². The summed E-state index contributed by atoms with van der Waals surface area (Å²) in [6.07, 6.45) is 5.30. The zero-order valence-electron chi connectivity index (χ0n) is 11.0. The van der Waals surface area contributed by atoms with Crippen LogP contribution in [0, 0.1) is 0 Å². The second kappa shape index (κ2) is 6.77. The molecular weight excluding hydrogens is 218 g/mol. The zero-order valence-corrected chi connectivity index (χ0v) is 11.0. The van der Waals surface area contributed by atoms with Crippen molar-refractivity contribution < 1.29 is 14.3 Å². The molecule has 0 saturated carbocycles. The predicted molar refractivity (Wildman–Crippen MR) is 66.8 cm³/mol. The van der Waals surface area contributed by atoms with Crippen molar-refractivity contribution in [1.29, 1.82) is 0 Å². The number of ether oxygens (including phenoxy) is 2. The van der Waals surface area contributed by atoms with Gasteiger partial charge in [-0.15, -0.1) is 0 Å². The van der Waals surface area contributed by atoms with Crippen molar-refractivity contribution in [1.82, 2.24) is 5.32 Å². The Morgan fingerprint density at radius 2 is 2.35 bits per heavy atom. The quantitative estimate of drug-likeness (QED) is 0.587. The molecule has 0 aromatic carbocycles. The third-order valence-corrected chi connectivity index (χ3v) is 2.76. The predicted octanol–water partition coefficient (Wildman–Crippen LogP) is 1.65. The molecule has 17 heavy (non-hydrogen) atoms. The van der Waals surface area contributed by atoms with Gasteiger partial charge in [-0.05, 0) is 33.6 Å². The molecule has 1 aliphatic rings. The normalized spacial score (nSPS) is 23.8. The van der Waals surface area contributed by atoms with Crippen LogP contribution in [-0.2, 0) is 14.3 Å². The van der Waals surface area contributed by atoms with E-state index in [-0.39, 0.29) is 11.6 Å². The number of esters is 1. The summed E-state index contributed by atoms with van der Waals surface area (Å²) in [5.74, 6) is -0.276. The molecule has 0 spiro atoms. The Labute approximate surface area is 103 Å². The van der Waals surface area contributed by atoms with Crippen LogP contribution in [0.1, 0.15) is 33.6 Å². The van der Waals surface area contributed by atoms with Crippen molar-refractivity contribution in [2.45, 2.75) is 45.3 Å². The first-order valence-electron chi connectivity index (χ1n) is 6.24. The summed E-state index contributed by atoms with van der Waals surface area (Å²) in [7, 11) is 0.